The van der Waals surface area contributed by atoms with Crippen molar-refractivity contribution in [3.05, 3.63) is 284 Å². The molecule has 0 aliphatic rings. The van der Waals surface area contributed by atoms with Crippen LogP contribution in [0.25, 0.3) is 65.9 Å². The minimum absolute atomic E-state index is 0. The van der Waals surface area contributed by atoms with E-state index in [-0.39, 0.29) is 65.4 Å². The summed E-state index contributed by atoms with van der Waals surface area (Å²) >= 11 is 1.84. The van der Waals surface area contributed by atoms with E-state index >= 15 is 0 Å². The number of furan rings is 1. The fraction of sp³-hybridized carbons (Fsp3) is 0.375. The standard InChI is InChI=1S/2C14H13N.2C14H12.C6H9N.C6H8O.C6H8S.11C2H6.2Y/c1-10-7-8-14-12(9-10)11-5-3-4-6-13(11)15(14)2;1-10-7-8-12-11-5-3-4-6-13(11)15(2)14(12)9-10;1-11-3-7-13(8-4-11)14-9-5-12(2)6-10-14;1-11-5-3-7-13(9-11)14-8-4-6-12(2)10-14;3*1-5-3-4-6(2)7-5;11*1-2;;/h2*3-9H,1-2H3;3-7,9H,1-2H3;3-6,9-10H,1-2H3;3-4,7H,1-2H3;2*3-4H,1-2H3;11*1-2H3;;/q;;2*-2;;;;;;;;;;;;;;;;. The molecule has 0 saturated carbocycles. The average Bonchev–Trinajstić information content (AvgIpc) is 1.63. The van der Waals surface area contributed by atoms with Gasteiger partial charge in [0.2, 0.25) is 0 Å². The van der Waals surface area contributed by atoms with Gasteiger partial charge in [-0.3, -0.25) is 0 Å². The van der Waals surface area contributed by atoms with E-state index in [1.165, 1.54) is 98.1 Å². The average molecular weight is 1560 g/mol. The van der Waals surface area contributed by atoms with Crippen LogP contribution in [0.5, 0.6) is 0 Å². The van der Waals surface area contributed by atoms with Crippen LogP contribution in [0.4, 0.5) is 0 Å². The molecule has 0 unspecified atom stereocenters. The summed E-state index contributed by atoms with van der Waals surface area (Å²) in [6.45, 7) is 68.8. The first kappa shape index (κ1) is 110. The van der Waals surface area contributed by atoms with Crippen LogP contribution in [0.3, 0.4) is 0 Å². The molecule has 0 aliphatic carbocycles. The SMILES string of the molecule is CC.CC.CC.CC.CC.CC.CC.CC.CC.CC.CC.Cc1c[c-]c(-c2[c-]cc(C)cc2)cc1.Cc1cc[c-]c(-c2[c-]ccc(C)c2)c1.Cc1ccc(C)[nH]1.Cc1ccc(C)o1.Cc1ccc(C)s1.Cc1ccc2c(c1)c1ccccc1n2C.Cc1ccc2c3ccccc3n(C)c2c1.[Y].[Y]. The second-order valence-electron chi connectivity index (χ2n) is 20.5. The summed E-state index contributed by atoms with van der Waals surface area (Å²) in [6, 6.07) is 80.3. The summed E-state index contributed by atoms with van der Waals surface area (Å²) in [5, 5.41) is 5.39. The number of fused-ring (bicyclic) bond motifs is 6. The van der Waals surface area contributed by atoms with Crippen LogP contribution in [-0.4, -0.2) is 14.1 Å². The van der Waals surface area contributed by atoms with Crippen LogP contribution in [0.1, 0.15) is 218 Å². The Balaban J connectivity index is -0.000000202. The Hall–Kier alpha value is -6.17. The molecule has 0 bridgehead atoms. The van der Waals surface area contributed by atoms with Gasteiger partial charge in [-0.1, -0.05) is 240 Å². The third-order valence-electron chi connectivity index (χ3n) is 13.3. The largest absolute Gasteiger partial charge is 0.467 e. The summed E-state index contributed by atoms with van der Waals surface area (Å²) < 4.78 is 9.60. The van der Waals surface area contributed by atoms with Crippen molar-refractivity contribution in [3.8, 4) is 22.3 Å². The van der Waals surface area contributed by atoms with E-state index in [4.69, 9.17) is 4.42 Å². The van der Waals surface area contributed by atoms with Gasteiger partial charge in [0, 0.05) is 144 Å². The summed E-state index contributed by atoms with van der Waals surface area (Å²) in [7, 11) is 4.25. The fourth-order valence-electron chi connectivity index (χ4n) is 9.12. The van der Waals surface area contributed by atoms with Crippen molar-refractivity contribution in [2.45, 2.75) is 235 Å². The van der Waals surface area contributed by atoms with Crippen molar-refractivity contribution in [2.75, 3.05) is 0 Å². The molecule has 5 heterocycles. The zero-order chi connectivity index (χ0) is 78.6. The van der Waals surface area contributed by atoms with Crippen LogP contribution in [0, 0.1) is 107 Å². The van der Waals surface area contributed by atoms with Crippen molar-refractivity contribution in [2.24, 2.45) is 14.1 Å². The number of hydrogen-bond acceptors (Lipinski definition) is 2. The first-order valence-electron chi connectivity index (χ1n) is 37.9. The summed E-state index contributed by atoms with van der Waals surface area (Å²) in [5.74, 6) is 1.97. The number of aromatic amines is 1. The molecule has 0 atom stereocenters. The summed E-state index contributed by atoms with van der Waals surface area (Å²) in [5.41, 5.74) is 19.8. The Morgan fingerprint density at radius 1 is 0.282 bits per heavy atom. The molecule has 0 amide bonds. The Morgan fingerprint density at radius 3 is 0.922 bits per heavy atom. The fourth-order valence-corrected chi connectivity index (χ4v) is 9.90. The number of benzene rings is 8. The monoisotopic (exact) mass is 1560 g/mol. The minimum Gasteiger partial charge on any atom is -0.467 e. The van der Waals surface area contributed by atoms with Crippen LogP contribution >= 0.6 is 11.3 Å². The molecule has 0 saturated heterocycles. The van der Waals surface area contributed by atoms with Crippen molar-refractivity contribution in [1.29, 1.82) is 0 Å². The van der Waals surface area contributed by atoms with Gasteiger partial charge in [0.25, 0.3) is 0 Å². The topological polar surface area (TPSA) is 38.8 Å². The molecule has 562 valence electrons. The van der Waals surface area contributed by atoms with E-state index in [0.717, 1.165) is 33.8 Å². The molecule has 5 aromatic heterocycles. The number of aryl methyl sites for hydroxylation is 14. The third-order valence-corrected chi connectivity index (χ3v) is 14.2. The smallest absolute Gasteiger partial charge is 0.101 e. The number of nitrogens with one attached hydrogen (secondary N) is 1. The van der Waals surface area contributed by atoms with Crippen molar-refractivity contribution in [3.63, 3.8) is 0 Å². The molecule has 13 rings (SSSR count). The van der Waals surface area contributed by atoms with Crippen LogP contribution in [0.15, 0.2) is 199 Å². The van der Waals surface area contributed by atoms with Gasteiger partial charge in [-0.25, -0.2) is 22.3 Å². The maximum absolute atomic E-state index is 5.08. The Kier molecular flexibility index (Phi) is 75.1. The van der Waals surface area contributed by atoms with E-state index in [1.54, 1.807) is 0 Å². The van der Waals surface area contributed by atoms with Crippen molar-refractivity contribution >= 4 is 54.9 Å². The van der Waals surface area contributed by atoms with Crippen LogP contribution in [-0.2, 0) is 79.5 Å². The Morgan fingerprint density at radius 2 is 0.602 bits per heavy atom. The van der Waals surface area contributed by atoms with Crippen molar-refractivity contribution < 1.29 is 69.8 Å². The van der Waals surface area contributed by atoms with E-state index in [0.29, 0.717) is 0 Å². The molecule has 103 heavy (non-hydrogen) atoms. The molecule has 2 radical (unpaired) electrons. The summed E-state index contributed by atoms with van der Waals surface area (Å²) in [6.07, 6.45) is 0. The van der Waals surface area contributed by atoms with Gasteiger partial charge in [-0.15, -0.1) is 45.7 Å². The molecular weight excluding hydrogens is 1420 g/mol. The molecule has 7 heteroatoms. The molecule has 8 aromatic carbocycles. The molecule has 13 aromatic rings. The van der Waals surface area contributed by atoms with E-state index in [2.05, 4.69) is 266 Å². The van der Waals surface area contributed by atoms with Gasteiger partial charge < -0.3 is 18.5 Å². The first-order valence-corrected chi connectivity index (χ1v) is 38.7. The van der Waals surface area contributed by atoms with Gasteiger partial charge in [0.1, 0.15) is 11.5 Å². The van der Waals surface area contributed by atoms with Crippen LogP contribution in [0.2, 0.25) is 0 Å². The number of nitrogens with zero attached hydrogens (tertiary/aromatic N) is 2. The third kappa shape index (κ3) is 42.5. The Labute approximate surface area is 688 Å². The zero-order valence-electron chi connectivity index (χ0n) is 71.8. The number of hydrogen-bond donors (Lipinski definition) is 1. The van der Waals surface area contributed by atoms with Gasteiger partial charge >= 0.3 is 0 Å². The van der Waals surface area contributed by atoms with Gasteiger partial charge in [-0.2, -0.15) is 84.9 Å². The second kappa shape index (κ2) is 70.2. The van der Waals surface area contributed by atoms with E-state index in [9.17, 15) is 0 Å². The maximum atomic E-state index is 5.08. The number of H-pyrrole nitrogens is 1. The molecule has 0 aliphatic heterocycles. The van der Waals surface area contributed by atoms with E-state index in [1.807, 2.05) is 228 Å². The maximum Gasteiger partial charge on any atom is 0.101 e. The Bertz CT molecular complexity index is 3790. The first-order chi connectivity index (χ1) is 48.9. The minimum atomic E-state index is 0. The number of aromatic nitrogens is 3. The quantitative estimate of drug-likeness (QED) is 0.172. The normalized spacial score (nSPS) is 8.62. The second-order valence-corrected chi connectivity index (χ2v) is 21.9. The van der Waals surface area contributed by atoms with Gasteiger partial charge in [0.15, 0.2) is 0 Å². The zero-order valence-corrected chi connectivity index (χ0v) is 78.3. The number of rotatable bonds is 2. The van der Waals surface area contributed by atoms with Crippen molar-refractivity contribution in [1.82, 2.24) is 14.1 Å². The molecule has 1 N–H and O–H groups in total. The predicted molar refractivity (Wildman–Crippen MR) is 465 cm³/mol. The molecule has 4 nitrogen and oxygen atoms in total. The van der Waals surface area contributed by atoms with E-state index < -0.39 is 0 Å². The summed E-state index contributed by atoms with van der Waals surface area (Å²) in [4.78, 5) is 5.94. The molecule has 0 spiro atoms. The van der Waals surface area contributed by atoms with Crippen LogP contribution < -0.4 is 0 Å². The number of thiophene rings is 1. The number of para-hydroxylation sites is 2. The predicted octanol–water partition coefficient (Wildman–Crippen LogP) is 31.6. The van der Waals surface area contributed by atoms with Gasteiger partial charge in [-0.05, 0) is 128 Å². The molecular formula is C96H141N3OSY2-4. The van der Waals surface area contributed by atoms with Gasteiger partial charge in [0.05, 0.1) is 0 Å². The molecule has 0 fully saturated rings.